The number of piperazine rings is 1. The topological polar surface area (TPSA) is 87.4 Å². The molecule has 2 aliphatic rings. The molecular formula is C11H16N6OS. The summed E-state index contributed by atoms with van der Waals surface area (Å²) in [4.78, 5) is 24.2. The summed E-state index contributed by atoms with van der Waals surface area (Å²) < 4.78 is 0. The molecule has 1 atom stereocenters. The molecule has 0 saturated carbocycles. The number of aromatic nitrogens is 2. The van der Waals surface area contributed by atoms with Crippen LogP contribution in [0.5, 0.6) is 0 Å². The maximum absolute atomic E-state index is 11.6. The average molecular weight is 280 g/mol. The molecule has 3 heterocycles. The lowest BCUT2D eigenvalue weighted by Crippen LogP contribution is -2.52. The number of carbonyl (C=O) groups is 1. The lowest BCUT2D eigenvalue weighted by molar-refractivity contribution is 0.197. The van der Waals surface area contributed by atoms with Crippen LogP contribution in [-0.4, -0.2) is 59.4 Å². The van der Waals surface area contributed by atoms with Gasteiger partial charge in [-0.25, -0.2) is 14.8 Å². The van der Waals surface area contributed by atoms with E-state index in [0.717, 1.165) is 25.5 Å². The molecule has 7 nitrogen and oxygen atoms in total. The van der Waals surface area contributed by atoms with Crippen molar-refractivity contribution in [2.75, 3.05) is 43.1 Å². The summed E-state index contributed by atoms with van der Waals surface area (Å²) in [5, 5.41) is 3.55. The van der Waals surface area contributed by atoms with Crippen LogP contribution in [0.3, 0.4) is 0 Å². The van der Waals surface area contributed by atoms with E-state index in [2.05, 4.69) is 20.2 Å². The molecular weight excluding hydrogens is 264 g/mol. The molecule has 1 aromatic heterocycles. The van der Waals surface area contributed by atoms with E-state index in [1.807, 2.05) is 11.2 Å². The first-order valence-corrected chi connectivity index (χ1v) is 7.38. The summed E-state index contributed by atoms with van der Waals surface area (Å²) in [6, 6.07) is 2.05. The summed E-state index contributed by atoms with van der Waals surface area (Å²) in [5.74, 6) is 1.33. The molecule has 102 valence electrons. The Hall–Kier alpha value is -1.70. The van der Waals surface area contributed by atoms with Crippen molar-refractivity contribution in [2.45, 2.75) is 11.2 Å². The molecule has 2 amide bonds. The van der Waals surface area contributed by atoms with Gasteiger partial charge >= 0.3 is 6.03 Å². The monoisotopic (exact) mass is 280 g/mol. The number of urea groups is 1. The highest BCUT2D eigenvalue weighted by Gasteiger charge is 2.35. The lowest BCUT2D eigenvalue weighted by Gasteiger charge is -2.37. The highest BCUT2D eigenvalue weighted by atomic mass is 32.2. The van der Waals surface area contributed by atoms with Crippen molar-refractivity contribution in [3.63, 3.8) is 0 Å². The minimum absolute atomic E-state index is 0.0386. The number of fused-ring (bicyclic) bond motifs is 1. The Labute approximate surface area is 115 Å². The summed E-state index contributed by atoms with van der Waals surface area (Å²) in [7, 11) is 0. The van der Waals surface area contributed by atoms with Gasteiger partial charge in [0.25, 0.3) is 0 Å². The smallest absolute Gasteiger partial charge is 0.317 e. The molecule has 0 bridgehead atoms. The molecule has 8 heteroatoms. The van der Waals surface area contributed by atoms with Crippen LogP contribution in [0.15, 0.2) is 11.2 Å². The first-order valence-electron chi connectivity index (χ1n) is 6.15. The van der Waals surface area contributed by atoms with Crippen molar-refractivity contribution < 1.29 is 4.79 Å². The molecule has 0 spiro atoms. The number of nitrogens with two attached hydrogens (primary N) is 1. The van der Waals surface area contributed by atoms with Crippen molar-refractivity contribution in [3.05, 3.63) is 6.07 Å². The predicted molar refractivity (Wildman–Crippen MR) is 74.3 cm³/mol. The number of hydrogen-bond donors (Lipinski definition) is 2. The largest absolute Gasteiger partial charge is 0.383 e. The van der Waals surface area contributed by atoms with Crippen LogP contribution in [0, 0.1) is 0 Å². The molecule has 0 aliphatic carbocycles. The molecule has 2 aliphatic heterocycles. The zero-order valence-electron chi connectivity index (χ0n) is 10.7. The Morgan fingerprint density at radius 3 is 3.11 bits per heavy atom. The molecule has 1 unspecified atom stereocenters. The Kier molecular flexibility index (Phi) is 3.09. The van der Waals surface area contributed by atoms with Gasteiger partial charge in [0.05, 0.1) is 6.04 Å². The molecule has 3 rings (SSSR count). The van der Waals surface area contributed by atoms with Gasteiger partial charge < -0.3 is 20.9 Å². The van der Waals surface area contributed by atoms with Crippen molar-refractivity contribution >= 4 is 29.4 Å². The Morgan fingerprint density at radius 2 is 2.32 bits per heavy atom. The van der Waals surface area contributed by atoms with E-state index in [-0.39, 0.29) is 12.1 Å². The van der Waals surface area contributed by atoms with Gasteiger partial charge in [0.2, 0.25) is 0 Å². The van der Waals surface area contributed by atoms with Gasteiger partial charge in [-0.1, -0.05) is 11.8 Å². The van der Waals surface area contributed by atoms with Crippen LogP contribution in [0.4, 0.5) is 16.4 Å². The van der Waals surface area contributed by atoms with Crippen LogP contribution >= 0.6 is 11.8 Å². The lowest BCUT2D eigenvalue weighted by atomic mass is 10.2. The standard InChI is InChI=1S/C11H16N6OS/c1-19-10-14-8(12)4-9(15-10)16-2-3-17-7(6-16)5-13-11(17)18/h4,7H,2-3,5-6H2,1H3,(H,13,18)(H2,12,14,15). The van der Waals surface area contributed by atoms with Crippen molar-refractivity contribution in [1.82, 2.24) is 20.2 Å². The highest BCUT2D eigenvalue weighted by molar-refractivity contribution is 7.98. The quantitative estimate of drug-likeness (QED) is 0.585. The molecule has 19 heavy (non-hydrogen) atoms. The van der Waals surface area contributed by atoms with Crippen LogP contribution in [0.1, 0.15) is 0 Å². The van der Waals surface area contributed by atoms with Gasteiger partial charge in [0.1, 0.15) is 11.6 Å². The Morgan fingerprint density at radius 1 is 1.47 bits per heavy atom. The van der Waals surface area contributed by atoms with Crippen molar-refractivity contribution in [1.29, 1.82) is 0 Å². The van der Waals surface area contributed by atoms with Gasteiger partial charge in [-0.15, -0.1) is 0 Å². The molecule has 2 fully saturated rings. The molecule has 3 N–H and O–H groups in total. The van der Waals surface area contributed by atoms with Crippen LogP contribution in [-0.2, 0) is 0 Å². The average Bonchev–Trinajstić information content (AvgIpc) is 2.79. The second-order valence-electron chi connectivity index (χ2n) is 4.62. The minimum atomic E-state index is 0.0386. The number of nitrogen functional groups attached to an aromatic ring is 1. The third-order valence-electron chi connectivity index (χ3n) is 3.45. The minimum Gasteiger partial charge on any atom is -0.383 e. The first kappa shape index (κ1) is 12.3. The van der Waals surface area contributed by atoms with E-state index in [1.54, 1.807) is 6.07 Å². The highest BCUT2D eigenvalue weighted by Crippen LogP contribution is 2.22. The van der Waals surface area contributed by atoms with Gasteiger partial charge in [-0.2, -0.15) is 0 Å². The Balaban J connectivity index is 1.80. The third-order valence-corrected chi connectivity index (χ3v) is 4.00. The zero-order valence-corrected chi connectivity index (χ0v) is 11.5. The van der Waals surface area contributed by atoms with E-state index in [4.69, 9.17) is 5.73 Å². The number of rotatable bonds is 2. The number of carbonyl (C=O) groups excluding carboxylic acids is 1. The molecule has 1 aromatic rings. The summed E-state index contributed by atoms with van der Waals surface area (Å²) in [5.41, 5.74) is 5.80. The van der Waals surface area contributed by atoms with Crippen LogP contribution in [0.25, 0.3) is 0 Å². The van der Waals surface area contributed by atoms with Gasteiger partial charge in [0, 0.05) is 32.2 Å². The maximum atomic E-state index is 11.6. The van der Waals surface area contributed by atoms with E-state index in [9.17, 15) is 4.79 Å². The van der Waals surface area contributed by atoms with Crippen LogP contribution in [0.2, 0.25) is 0 Å². The summed E-state index contributed by atoms with van der Waals surface area (Å²) >= 11 is 1.48. The fraction of sp³-hybridized carbons (Fsp3) is 0.545. The van der Waals surface area contributed by atoms with E-state index in [1.165, 1.54) is 11.8 Å². The molecule has 2 saturated heterocycles. The molecule has 0 radical (unpaired) electrons. The van der Waals surface area contributed by atoms with Gasteiger partial charge in [0.15, 0.2) is 5.16 Å². The van der Waals surface area contributed by atoms with Crippen molar-refractivity contribution in [3.8, 4) is 0 Å². The number of anilines is 2. The Bertz CT molecular complexity index is 510. The van der Waals surface area contributed by atoms with E-state index < -0.39 is 0 Å². The molecule has 0 aromatic carbocycles. The predicted octanol–water partition coefficient (Wildman–Crippen LogP) is -0.00550. The number of thioether (sulfide) groups is 1. The summed E-state index contributed by atoms with van der Waals surface area (Å²) in [6.07, 6.45) is 1.93. The van der Waals surface area contributed by atoms with Crippen LogP contribution < -0.4 is 16.0 Å². The number of amides is 2. The fourth-order valence-electron chi connectivity index (χ4n) is 2.50. The summed E-state index contributed by atoms with van der Waals surface area (Å²) in [6.45, 7) is 2.97. The SMILES string of the molecule is CSc1nc(N)cc(N2CCN3C(=O)NCC3C2)n1. The van der Waals surface area contributed by atoms with Gasteiger partial charge in [-0.05, 0) is 6.26 Å². The number of nitrogens with one attached hydrogen (secondary N) is 1. The fourth-order valence-corrected chi connectivity index (χ4v) is 2.88. The number of nitrogens with zero attached hydrogens (tertiary/aromatic N) is 4. The maximum Gasteiger partial charge on any atom is 0.317 e. The second kappa shape index (κ2) is 4.76. The second-order valence-corrected chi connectivity index (χ2v) is 5.39. The third kappa shape index (κ3) is 2.27. The first-order chi connectivity index (χ1) is 9.17. The number of hydrogen-bond acceptors (Lipinski definition) is 6. The van der Waals surface area contributed by atoms with E-state index >= 15 is 0 Å². The van der Waals surface area contributed by atoms with Gasteiger partial charge in [-0.3, -0.25) is 0 Å². The van der Waals surface area contributed by atoms with Crippen molar-refractivity contribution in [2.24, 2.45) is 0 Å². The zero-order chi connectivity index (χ0) is 13.4. The van der Waals surface area contributed by atoms with E-state index in [0.29, 0.717) is 17.5 Å². The normalized spacial score (nSPS) is 22.4.